The summed E-state index contributed by atoms with van der Waals surface area (Å²) in [4.78, 5) is 0. The van der Waals surface area contributed by atoms with Gasteiger partial charge in [-0.2, -0.15) is 6.07 Å². The average Bonchev–Trinajstić information content (AvgIpc) is 2.21. The fraction of sp³-hybridized carbons (Fsp3) is 0.250. The predicted molar refractivity (Wildman–Crippen MR) is 47.3 cm³/mol. The van der Waals surface area contributed by atoms with Crippen LogP contribution in [0, 0.1) is 6.07 Å². The van der Waals surface area contributed by atoms with Crippen LogP contribution in [0.1, 0.15) is 0 Å². The van der Waals surface area contributed by atoms with E-state index in [1.807, 2.05) is 6.07 Å². The van der Waals surface area contributed by atoms with Gasteiger partial charge in [0.2, 0.25) is 0 Å². The number of rotatable bonds is 2. The van der Waals surface area contributed by atoms with Gasteiger partial charge in [-0.15, -0.1) is 12.1 Å². The van der Waals surface area contributed by atoms with Crippen molar-refractivity contribution in [1.82, 2.24) is 0 Å². The zero-order valence-electron chi connectivity index (χ0n) is 7.13. The summed E-state index contributed by atoms with van der Waals surface area (Å²) in [5, 5.41) is 0. The first-order valence-corrected chi connectivity index (χ1v) is 10.2. The molecule has 0 aromatic heterocycles. The summed E-state index contributed by atoms with van der Waals surface area (Å²) in [5.74, 6) is 1.48. The molecule has 0 spiro atoms. The van der Waals surface area contributed by atoms with E-state index >= 15 is 0 Å². The van der Waals surface area contributed by atoms with E-state index in [4.69, 9.17) is 9.47 Å². The van der Waals surface area contributed by atoms with Crippen LogP contribution in [0.25, 0.3) is 0 Å². The van der Waals surface area contributed by atoms with Crippen LogP contribution in [0.4, 0.5) is 0 Å². The fourth-order valence-electron chi connectivity index (χ4n) is 0.670. The van der Waals surface area contributed by atoms with Gasteiger partial charge in [-0.3, -0.25) is 0 Å². The monoisotopic (exact) mass is 280 g/mol. The molecule has 0 amide bonds. The minimum atomic E-state index is 0.694. The van der Waals surface area contributed by atoms with Crippen molar-refractivity contribution >= 4 is 13.6 Å². The van der Waals surface area contributed by atoms with Gasteiger partial charge in [-0.05, 0) is 0 Å². The number of methoxy groups -OCH3 is 2. The molecular weight excluding hydrogens is 273 g/mol. The number of benzene rings is 1. The summed E-state index contributed by atoms with van der Waals surface area (Å²) in [6.45, 7) is 0. The molecule has 4 heteroatoms. The van der Waals surface area contributed by atoms with Crippen molar-refractivity contribution in [3.8, 4) is 11.5 Å². The Morgan fingerprint density at radius 2 is 2.00 bits per heavy atom. The van der Waals surface area contributed by atoms with Crippen molar-refractivity contribution in [2.45, 2.75) is 0 Å². The molecule has 0 radical (unpaired) electrons. The number of hydrogen-bond donors (Lipinski definition) is 0. The van der Waals surface area contributed by atoms with Crippen molar-refractivity contribution in [3.63, 3.8) is 0 Å². The standard InChI is InChI=1S/C8H9O2.BrH.Zn/c1-9-7-4-3-5-8(6-7)10-2;;/h3-4,6H,1-2H3;1H;/q-1;;+2/p-1. The molecule has 0 aliphatic rings. The molecule has 12 heavy (non-hydrogen) atoms. The van der Waals surface area contributed by atoms with Crippen LogP contribution >= 0.6 is 13.6 Å². The maximum atomic E-state index is 4.96. The number of hydrogen-bond acceptors (Lipinski definition) is 2. The third-order valence-corrected chi connectivity index (χ3v) is 1.20. The third kappa shape index (κ3) is 4.08. The second-order valence-corrected chi connectivity index (χ2v) is 1.80. The molecule has 0 fully saturated rings. The second kappa shape index (κ2) is 7.57. The molecule has 1 aromatic carbocycles. The molecule has 62 valence electrons. The summed E-state index contributed by atoms with van der Waals surface area (Å²) >= 11 is 4.25. The molecule has 2 nitrogen and oxygen atoms in total. The molecule has 0 aliphatic heterocycles. The average molecular weight is 282 g/mol. The molecule has 0 atom stereocenters. The number of ether oxygens (including phenoxy) is 2. The Balaban J connectivity index is 0.000000561. The van der Waals surface area contributed by atoms with Gasteiger partial charge in [-0.1, -0.05) is 6.07 Å². The van der Waals surface area contributed by atoms with Gasteiger partial charge < -0.3 is 9.47 Å². The van der Waals surface area contributed by atoms with Crippen molar-refractivity contribution < 1.29 is 25.8 Å². The van der Waals surface area contributed by atoms with E-state index in [2.05, 4.69) is 19.7 Å². The van der Waals surface area contributed by atoms with Crippen molar-refractivity contribution in [2.24, 2.45) is 0 Å². The second-order valence-electron chi connectivity index (χ2n) is 1.80. The molecule has 0 aliphatic carbocycles. The molecule has 1 aromatic rings. The van der Waals surface area contributed by atoms with Crippen LogP contribution in [-0.4, -0.2) is 14.2 Å². The maximum absolute atomic E-state index is 4.96. The first-order valence-electron chi connectivity index (χ1n) is 3.23. The van der Waals surface area contributed by atoms with E-state index < -0.39 is 0 Å². The zero-order valence-corrected chi connectivity index (χ0v) is 11.7. The van der Waals surface area contributed by atoms with Crippen LogP contribution in [-0.2, 0) is 16.3 Å². The fourth-order valence-corrected chi connectivity index (χ4v) is 0.670. The summed E-state index contributed by atoms with van der Waals surface area (Å²) in [6.07, 6.45) is 0. The summed E-state index contributed by atoms with van der Waals surface area (Å²) in [5.41, 5.74) is 0. The Kier molecular flexibility index (Phi) is 7.52. The van der Waals surface area contributed by atoms with Gasteiger partial charge in [0.05, 0.1) is 14.2 Å². The Morgan fingerprint density at radius 1 is 1.33 bits per heavy atom. The molecule has 0 N–H and O–H groups in total. The molecule has 0 bridgehead atoms. The van der Waals surface area contributed by atoms with Gasteiger partial charge >= 0.3 is 30.0 Å². The summed E-state index contributed by atoms with van der Waals surface area (Å²) < 4.78 is 9.88. The normalized spacial score (nSPS) is 8.08. The SMILES string of the molecule is COc1[c-]ccc(OC)c1.[Zn+][Br]. The molecule has 0 heterocycles. The van der Waals surface area contributed by atoms with E-state index in [0.717, 1.165) is 5.75 Å². The van der Waals surface area contributed by atoms with Crippen LogP contribution in [0.15, 0.2) is 18.2 Å². The summed E-state index contributed by atoms with van der Waals surface area (Å²) in [6, 6.07) is 8.25. The third-order valence-electron chi connectivity index (χ3n) is 1.20. The Bertz CT molecular complexity index is 199. The van der Waals surface area contributed by atoms with E-state index in [1.165, 1.54) is 16.3 Å². The van der Waals surface area contributed by atoms with Crippen LogP contribution in [0.3, 0.4) is 0 Å². The van der Waals surface area contributed by atoms with Gasteiger partial charge in [0, 0.05) is 11.5 Å². The Morgan fingerprint density at radius 3 is 2.50 bits per heavy atom. The van der Waals surface area contributed by atoms with Crippen LogP contribution in [0.5, 0.6) is 11.5 Å². The van der Waals surface area contributed by atoms with Gasteiger partial charge in [0.1, 0.15) is 0 Å². The Hall–Kier alpha value is -0.0766. The molecule has 0 saturated carbocycles. The number of halogens is 1. The Labute approximate surface area is 89.3 Å². The van der Waals surface area contributed by atoms with Crippen molar-refractivity contribution in [3.05, 3.63) is 24.3 Å². The first kappa shape index (κ1) is 11.9. The van der Waals surface area contributed by atoms with E-state index in [9.17, 15) is 0 Å². The van der Waals surface area contributed by atoms with E-state index in [-0.39, 0.29) is 0 Å². The van der Waals surface area contributed by atoms with Gasteiger partial charge in [0.25, 0.3) is 0 Å². The summed E-state index contributed by atoms with van der Waals surface area (Å²) in [7, 11) is 3.22. The molecule has 0 saturated heterocycles. The molecule has 1 rings (SSSR count). The topological polar surface area (TPSA) is 18.5 Å². The van der Waals surface area contributed by atoms with Crippen LogP contribution in [0.2, 0.25) is 0 Å². The quantitative estimate of drug-likeness (QED) is 0.612. The van der Waals surface area contributed by atoms with Crippen molar-refractivity contribution in [1.29, 1.82) is 0 Å². The van der Waals surface area contributed by atoms with Gasteiger partial charge in [0.15, 0.2) is 0 Å². The zero-order chi connectivity index (χ0) is 9.40. The minimum absolute atomic E-state index is 0.694. The first-order chi connectivity index (χ1) is 5.86. The molecular formula is C8H9BrO2Zn. The van der Waals surface area contributed by atoms with Crippen LogP contribution < -0.4 is 9.47 Å². The van der Waals surface area contributed by atoms with E-state index in [1.54, 1.807) is 26.4 Å². The van der Waals surface area contributed by atoms with Gasteiger partial charge in [-0.25, -0.2) is 0 Å². The van der Waals surface area contributed by atoms with E-state index in [0.29, 0.717) is 5.75 Å². The van der Waals surface area contributed by atoms with Crippen molar-refractivity contribution in [2.75, 3.05) is 14.2 Å². The predicted octanol–water partition coefficient (Wildman–Crippen LogP) is 2.35. The molecule has 0 unspecified atom stereocenters.